The number of ether oxygens (including phenoxy) is 1. The first-order valence-corrected chi connectivity index (χ1v) is 9.77. The van der Waals surface area contributed by atoms with Gasteiger partial charge >= 0.3 is 0 Å². The first kappa shape index (κ1) is 19.0. The van der Waals surface area contributed by atoms with E-state index < -0.39 is 0 Å². The van der Waals surface area contributed by atoms with Gasteiger partial charge in [-0.1, -0.05) is 19.1 Å². The van der Waals surface area contributed by atoms with Crippen molar-refractivity contribution in [3.63, 3.8) is 0 Å². The second-order valence-corrected chi connectivity index (χ2v) is 6.61. The predicted octanol–water partition coefficient (Wildman–Crippen LogP) is 4.77. The highest BCUT2D eigenvalue weighted by Crippen LogP contribution is 2.27. The first-order chi connectivity index (χ1) is 13.1. The fourth-order valence-electron chi connectivity index (χ4n) is 2.49. The molecule has 7 heteroatoms. The molecule has 0 unspecified atom stereocenters. The Balaban J connectivity index is 1.92. The van der Waals surface area contributed by atoms with Gasteiger partial charge in [0.05, 0.1) is 24.2 Å². The lowest BCUT2D eigenvalue weighted by atomic mass is 10.3. The highest BCUT2D eigenvalue weighted by Gasteiger charge is 2.20. The second-order valence-electron chi connectivity index (χ2n) is 5.77. The smallest absolute Gasteiger partial charge is 0.280 e. The molecule has 1 N–H and O–H groups in total. The van der Waals surface area contributed by atoms with Gasteiger partial charge in [0.15, 0.2) is 11.4 Å². The van der Waals surface area contributed by atoms with E-state index in [1.165, 1.54) is 16.8 Å². The molecule has 0 aliphatic carbocycles. The minimum absolute atomic E-state index is 0.184. The van der Waals surface area contributed by atoms with Crippen molar-refractivity contribution in [3.05, 3.63) is 66.2 Å². The summed E-state index contributed by atoms with van der Waals surface area (Å²) in [5, 5.41) is 7.26. The molecule has 0 spiro atoms. The number of hydrogen-bond donors (Lipinski definition) is 1. The molecule has 140 valence electrons. The van der Waals surface area contributed by atoms with Gasteiger partial charge < -0.3 is 10.1 Å². The molecule has 3 aromatic rings. The summed E-state index contributed by atoms with van der Waals surface area (Å²) in [6.07, 6.45) is 4.39. The third-order valence-corrected chi connectivity index (χ3v) is 4.60. The normalized spacial score (nSPS) is 10.6. The van der Waals surface area contributed by atoms with Crippen molar-refractivity contribution in [2.24, 2.45) is 0 Å². The molecule has 1 amide bonds. The van der Waals surface area contributed by atoms with Crippen LogP contribution < -0.4 is 10.1 Å². The van der Waals surface area contributed by atoms with Crippen LogP contribution in [0.5, 0.6) is 5.75 Å². The van der Waals surface area contributed by atoms with Crippen molar-refractivity contribution in [1.82, 2.24) is 9.78 Å². The maximum Gasteiger partial charge on any atom is 0.280 e. The Bertz CT molecular complexity index is 925. The van der Waals surface area contributed by atoms with Gasteiger partial charge in [-0.25, -0.2) is 9.07 Å². The second kappa shape index (κ2) is 8.73. The number of nitrogens with one attached hydrogen (secondary N) is 1. The lowest BCUT2D eigenvalue weighted by Crippen LogP contribution is -2.15. The molecular weight excluding hydrogens is 365 g/mol. The number of benzene rings is 2. The van der Waals surface area contributed by atoms with Crippen molar-refractivity contribution in [2.75, 3.05) is 18.2 Å². The molecule has 2 aromatic carbocycles. The zero-order valence-corrected chi connectivity index (χ0v) is 15.9. The number of carbonyl (C=O) groups excluding carboxylic acids is 1. The highest BCUT2D eigenvalue weighted by atomic mass is 32.2. The standard InChI is InChI=1S/C20H20FN3O2S/c1-3-12-26-17-13-24(15-10-8-14(21)9-11-15)23-19(17)20(25)22-16-6-4-5-7-18(16)27-2/h4-11,13H,3,12H2,1-2H3,(H,22,25). The van der Waals surface area contributed by atoms with Crippen molar-refractivity contribution >= 4 is 23.4 Å². The van der Waals surface area contributed by atoms with E-state index in [2.05, 4.69) is 10.4 Å². The van der Waals surface area contributed by atoms with Crippen LogP contribution in [0.1, 0.15) is 23.8 Å². The minimum Gasteiger partial charge on any atom is -0.489 e. The summed E-state index contributed by atoms with van der Waals surface area (Å²) in [5.74, 6) is -0.302. The van der Waals surface area contributed by atoms with Crippen molar-refractivity contribution in [2.45, 2.75) is 18.2 Å². The molecule has 0 fully saturated rings. The number of aromatic nitrogens is 2. The Hall–Kier alpha value is -2.80. The average molecular weight is 385 g/mol. The van der Waals surface area contributed by atoms with Crippen LogP contribution in [-0.2, 0) is 0 Å². The van der Waals surface area contributed by atoms with Crippen molar-refractivity contribution < 1.29 is 13.9 Å². The van der Waals surface area contributed by atoms with E-state index in [1.807, 2.05) is 37.4 Å². The zero-order chi connectivity index (χ0) is 19.2. The molecule has 5 nitrogen and oxygen atoms in total. The summed E-state index contributed by atoms with van der Waals surface area (Å²) in [5.41, 5.74) is 1.54. The molecule has 1 aromatic heterocycles. The van der Waals surface area contributed by atoms with E-state index in [0.29, 0.717) is 23.7 Å². The molecule has 3 rings (SSSR count). The third-order valence-electron chi connectivity index (χ3n) is 3.80. The number of anilines is 1. The number of para-hydroxylation sites is 1. The monoisotopic (exact) mass is 385 g/mol. The molecular formula is C20H20FN3O2S. The van der Waals surface area contributed by atoms with E-state index in [0.717, 1.165) is 11.3 Å². The van der Waals surface area contributed by atoms with Crippen LogP contribution in [0.2, 0.25) is 0 Å². The van der Waals surface area contributed by atoms with Gasteiger partial charge in [-0.05, 0) is 49.1 Å². The quantitative estimate of drug-likeness (QED) is 0.595. The third kappa shape index (κ3) is 4.49. The summed E-state index contributed by atoms with van der Waals surface area (Å²) in [6, 6.07) is 13.4. The molecule has 0 bridgehead atoms. The van der Waals surface area contributed by atoms with E-state index in [9.17, 15) is 9.18 Å². The Morgan fingerprint density at radius 1 is 1.22 bits per heavy atom. The Morgan fingerprint density at radius 2 is 1.96 bits per heavy atom. The number of halogens is 1. The largest absolute Gasteiger partial charge is 0.489 e. The molecule has 0 saturated carbocycles. The molecule has 0 aliphatic heterocycles. The van der Waals surface area contributed by atoms with Crippen LogP contribution >= 0.6 is 11.8 Å². The van der Waals surface area contributed by atoms with Crippen molar-refractivity contribution in [3.8, 4) is 11.4 Å². The number of amides is 1. The van der Waals surface area contributed by atoms with Crippen LogP contribution in [0.25, 0.3) is 5.69 Å². The lowest BCUT2D eigenvalue weighted by molar-refractivity contribution is 0.101. The predicted molar refractivity (Wildman–Crippen MR) is 105 cm³/mol. The van der Waals surface area contributed by atoms with Crippen LogP contribution in [-0.4, -0.2) is 28.6 Å². The Labute approximate surface area is 161 Å². The Morgan fingerprint density at radius 3 is 2.67 bits per heavy atom. The molecule has 0 radical (unpaired) electrons. The number of nitrogens with zero attached hydrogens (tertiary/aromatic N) is 2. The Kier molecular flexibility index (Phi) is 6.13. The van der Waals surface area contributed by atoms with E-state index >= 15 is 0 Å². The summed E-state index contributed by atoms with van der Waals surface area (Å²) >= 11 is 1.55. The number of hydrogen-bond acceptors (Lipinski definition) is 4. The van der Waals surface area contributed by atoms with Gasteiger partial charge in [-0.2, -0.15) is 5.10 Å². The van der Waals surface area contributed by atoms with Crippen LogP contribution in [0, 0.1) is 5.82 Å². The molecule has 1 heterocycles. The summed E-state index contributed by atoms with van der Waals surface area (Å²) in [4.78, 5) is 13.8. The van der Waals surface area contributed by atoms with E-state index in [1.54, 1.807) is 30.1 Å². The van der Waals surface area contributed by atoms with Gasteiger partial charge in [0.25, 0.3) is 5.91 Å². The van der Waals surface area contributed by atoms with Crippen molar-refractivity contribution in [1.29, 1.82) is 0 Å². The average Bonchev–Trinajstić information content (AvgIpc) is 3.11. The zero-order valence-electron chi connectivity index (χ0n) is 15.1. The van der Waals surface area contributed by atoms with E-state index in [4.69, 9.17) is 4.74 Å². The van der Waals surface area contributed by atoms with Crippen LogP contribution in [0.3, 0.4) is 0 Å². The van der Waals surface area contributed by atoms with Crippen LogP contribution in [0.15, 0.2) is 59.6 Å². The number of carbonyl (C=O) groups is 1. The fraction of sp³-hybridized carbons (Fsp3) is 0.200. The molecule has 27 heavy (non-hydrogen) atoms. The summed E-state index contributed by atoms with van der Waals surface area (Å²) < 4.78 is 20.4. The minimum atomic E-state index is -0.358. The van der Waals surface area contributed by atoms with Gasteiger partial charge in [0.1, 0.15) is 5.82 Å². The summed E-state index contributed by atoms with van der Waals surface area (Å²) in [7, 11) is 0. The lowest BCUT2D eigenvalue weighted by Gasteiger charge is -2.09. The van der Waals surface area contributed by atoms with Gasteiger partial charge in [-0.15, -0.1) is 11.8 Å². The molecule has 0 saturated heterocycles. The maximum atomic E-state index is 13.2. The van der Waals surface area contributed by atoms with E-state index in [-0.39, 0.29) is 17.4 Å². The SMILES string of the molecule is CCCOc1cn(-c2ccc(F)cc2)nc1C(=O)Nc1ccccc1SC. The van der Waals surface area contributed by atoms with Gasteiger partial charge in [0, 0.05) is 4.90 Å². The molecule has 0 atom stereocenters. The maximum absolute atomic E-state index is 13.2. The topological polar surface area (TPSA) is 56.2 Å². The number of thioether (sulfide) groups is 1. The number of rotatable bonds is 7. The van der Waals surface area contributed by atoms with Gasteiger partial charge in [-0.3, -0.25) is 4.79 Å². The van der Waals surface area contributed by atoms with Crippen LogP contribution in [0.4, 0.5) is 10.1 Å². The highest BCUT2D eigenvalue weighted by molar-refractivity contribution is 7.98. The van der Waals surface area contributed by atoms with Gasteiger partial charge in [0.2, 0.25) is 0 Å². The first-order valence-electron chi connectivity index (χ1n) is 8.55. The fourth-order valence-corrected chi connectivity index (χ4v) is 3.04. The molecule has 0 aliphatic rings. The summed E-state index contributed by atoms with van der Waals surface area (Å²) in [6.45, 7) is 2.45.